The number of hydrogen-bond donors (Lipinski definition) is 2. The molecule has 3 heterocycles. The third-order valence-corrected chi connectivity index (χ3v) is 6.18. The second-order valence-corrected chi connectivity index (χ2v) is 9.54. The van der Waals surface area contributed by atoms with Gasteiger partial charge in [0, 0.05) is 36.4 Å². The Labute approximate surface area is 214 Å². The fourth-order valence-corrected chi connectivity index (χ4v) is 3.92. The molecule has 0 unspecified atom stereocenters. The van der Waals surface area contributed by atoms with Gasteiger partial charge in [-0.3, -0.25) is 14.6 Å². The zero-order chi connectivity index (χ0) is 27.1. The molecule has 0 saturated carbocycles. The first-order chi connectivity index (χ1) is 17.2. The second kappa shape index (κ2) is 9.66. The normalized spacial score (nSPS) is 18.0. The molecule has 1 saturated heterocycles. The van der Waals surface area contributed by atoms with Crippen molar-refractivity contribution in [3.05, 3.63) is 53.6 Å². The Balaban J connectivity index is 1.75. The van der Waals surface area contributed by atoms with Gasteiger partial charge in [-0.15, -0.1) is 5.10 Å². The van der Waals surface area contributed by atoms with Crippen LogP contribution in [-0.2, 0) is 9.59 Å². The Hall–Kier alpha value is -3.67. The summed E-state index contributed by atoms with van der Waals surface area (Å²) in [6, 6.07) is 6.09. The molecule has 2 aromatic heterocycles. The van der Waals surface area contributed by atoms with Crippen LogP contribution in [0, 0.1) is 17.7 Å². The summed E-state index contributed by atoms with van der Waals surface area (Å²) in [6.07, 6.45) is -1.91. The van der Waals surface area contributed by atoms with E-state index in [9.17, 15) is 27.2 Å². The van der Waals surface area contributed by atoms with Crippen LogP contribution in [0.1, 0.15) is 20.8 Å². The number of ether oxygens (including phenoxy) is 1. The van der Waals surface area contributed by atoms with Crippen LogP contribution < -0.4 is 15.4 Å². The first-order valence-corrected chi connectivity index (χ1v) is 11.5. The highest BCUT2D eigenvalue weighted by atomic mass is 35.5. The molecule has 8 nitrogen and oxygen atoms in total. The number of nitrogens with zero attached hydrogens (tertiary/aromatic N) is 3. The molecule has 0 spiro atoms. The van der Waals surface area contributed by atoms with E-state index in [0.29, 0.717) is 5.69 Å². The lowest BCUT2D eigenvalue weighted by atomic mass is 9.97. The molecule has 0 radical (unpaired) electrons. The highest BCUT2D eigenvalue weighted by molar-refractivity contribution is 6.30. The Kier molecular flexibility index (Phi) is 6.89. The minimum Gasteiger partial charge on any atom is -0.478 e. The molecule has 3 aromatic rings. The number of alkyl halides is 3. The number of pyridine rings is 1. The van der Waals surface area contributed by atoms with Gasteiger partial charge in [-0.25, -0.2) is 9.07 Å². The summed E-state index contributed by atoms with van der Waals surface area (Å²) < 4.78 is 61.0. The maximum atomic E-state index is 14.6. The number of anilines is 1. The molecule has 0 aliphatic carbocycles. The van der Waals surface area contributed by atoms with E-state index in [-0.39, 0.29) is 40.3 Å². The van der Waals surface area contributed by atoms with Gasteiger partial charge in [0.05, 0.1) is 28.5 Å². The van der Waals surface area contributed by atoms with E-state index >= 15 is 0 Å². The fraction of sp³-hybridized carbons (Fsp3) is 0.333. The van der Waals surface area contributed by atoms with Crippen LogP contribution >= 0.6 is 11.6 Å². The summed E-state index contributed by atoms with van der Waals surface area (Å²) in [6.45, 7) is 3.45. The Morgan fingerprint density at radius 3 is 2.54 bits per heavy atom. The highest BCUT2D eigenvalue weighted by Gasteiger charge is 2.50. The van der Waals surface area contributed by atoms with E-state index in [1.165, 1.54) is 35.3 Å². The summed E-state index contributed by atoms with van der Waals surface area (Å²) in [5, 5.41) is 9.90. The van der Waals surface area contributed by atoms with E-state index in [2.05, 4.69) is 20.7 Å². The summed E-state index contributed by atoms with van der Waals surface area (Å²) in [5.74, 6) is -3.02. The lowest BCUT2D eigenvalue weighted by Crippen LogP contribution is -2.44. The van der Waals surface area contributed by atoms with E-state index in [0.717, 1.165) is 26.0 Å². The van der Waals surface area contributed by atoms with Gasteiger partial charge >= 0.3 is 6.18 Å². The van der Waals surface area contributed by atoms with E-state index in [1.54, 1.807) is 6.92 Å². The van der Waals surface area contributed by atoms with Gasteiger partial charge in [0.1, 0.15) is 11.6 Å². The molecule has 4 rings (SSSR count). The molecular formula is C24H22ClF4N5O3. The first kappa shape index (κ1) is 26.4. The van der Waals surface area contributed by atoms with Crippen LogP contribution in [0.3, 0.4) is 0 Å². The number of amides is 2. The van der Waals surface area contributed by atoms with Crippen LogP contribution in [-0.4, -0.2) is 44.9 Å². The first-order valence-electron chi connectivity index (χ1n) is 11.1. The molecule has 2 N–H and O–H groups in total. The van der Waals surface area contributed by atoms with Gasteiger partial charge in [-0.05, 0) is 32.0 Å². The van der Waals surface area contributed by atoms with Gasteiger partial charge < -0.3 is 15.4 Å². The summed E-state index contributed by atoms with van der Waals surface area (Å²) >= 11 is 6.07. The van der Waals surface area contributed by atoms with Gasteiger partial charge in [0.15, 0.2) is 11.4 Å². The van der Waals surface area contributed by atoms with Crippen molar-refractivity contribution >= 4 is 29.2 Å². The van der Waals surface area contributed by atoms with Gasteiger partial charge in [-0.2, -0.15) is 13.2 Å². The van der Waals surface area contributed by atoms with E-state index in [1.807, 2.05) is 0 Å². The van der Waals surface area contributed by atoms with Crippen molar-refractivity contribution in [1.82, 2.24) is 20.1 Å². The van der Waals surface area contributed by atoms with E-state index in [4.69, 9.17) is 16.3 Å². The number of nitrogens with one attached hydrogen (secondary N) is 2. The smallest absolute Gasteiger partial charge is 0.427 e. The zero-order valence-corrected chi connectivity index (χ0v) is 20.6. The number of aromatic nitrogens is 3. The molecule has 1 fully saturated rings. The second-order valence-electron chi connectivity index (χ2n) is 9.10. The molecule has 1 aromatic carbocycles. The number of hydrogen-bond acceptors (Lipinski definition) is 5. The Bertz CT molecular complexity index is 1360. The maximum Gasteiger partial charge on any atom is 0.427 e. The van der Waals surface area contributed by atoms with Crippen molar-refractivity contribution in [3.63, 3.8) is 0 Å². The lowest BCUT2D eigenvalue weighted by Gasteiger charge is -2.29. The maximum absolute atomic E-state index is 14.6. The van der Waals surface area contributed by atoms with Gasteiger partial charge in [0.2, 0.25) is 11.8 Å². The molecule has 13 heteroatoms. The number of rotatable bonds is 6. The van der Waals surface area contributed by atoms with Crippen molar-refractivity contribution in [2.75, 3.05) is 11.9 Å². The number of carbonyl (C=O) groups is 2. The molecule has 2 atom stereocenters. The van der Waals surface area contributed by atoms with Crippen molar-refractivity contribution < 1.29 is 31.9 Å². The predicted molar refractivity (Wildman–Crippen MR) is 127 cm³/mol. The fourth-order valence-electron chi connectivity index (χ4n) is 3.75. The highest BCUT2D eigenvalue weighted by Crippen LogP contribution is 2.36. The molecule has 37 heavy (non-hydrogen) atoms. The SMILES string of the molecule is C[C@H]1C(=O)NC[C@@H]1C(=O)Nc1cc(-c2cc(F)cc(OC(C)(C)C(F)(F)F)c2)n(-c2cncc(Cl)c2)n1. The molecule has 1 aliphatic heterocycles. The molecular weight excluding hydrogens is 518 g/mol. The lowest BCUT2D eigenvalue weighted by molar-refractivity contribution is -0.234. The summed E-state index contributed by atoms with van der Waals surface area (Å²) in [5.41, 5.74) is -1.91. The summed E-state index contributed by atoms with van der Waals surface area (Å²) in [7, 11) is 0. The van der Waals surface area contributed by atoms with E-state index < -0.39 is 35.3 Å². The quantitative estimate of drug-likeness (QED) is 0.440. The van der Waals surface area contributed by atoms with Crippen LogP contribution in [0.4, 0.5) is 23.4 Å². The molecule has 2 amide bonds. The Morgan fingerprint density at radius 2 is 1.92 bits per heavy atom. The molecule has 0 bridgehead atoms. The average Bonchev–Trinajstić information content (AvgIpc) is 3.35. The van der Waals surface area contributed by atoms with Gasteiger partial charge in [0.25, 0.3) is 0 Å². The van der Waals surface area contributed by atoms with Crippen LogP contribution in [0.25, 0.3) is 16.9 Å². The van der Waals surface area contributed by atoms with Gasteiger partial charge in [-0.1, -0.05) is 18.5 Å². The topological polar surface area (TPSA) is 98.1 Å². The monoisotopic (exact) mass is 539 g/mol. The van der Waals surface area contributed by atoms with Crippen molar-refractivity contribution in [2.45, 2.75) is 32.5 Å². The Morgan fingerprint density at radius 1 is 1.19 bits per heavy atom. The van der Waals surface area contributed by atoms with Crippen LogP contribution in [0.2, 0.25) is 5.02 Å². The number of benzene rings is 1. The van der Waals surface area contributed by atoms with Crippen molar-refractivity contribution in [2.24, 2.45) is 11.8 Å². The number of carbonyl (C=O) groups excluding carboxylic acids is 2. The average molecular weight is 540 g/mol. The minimum absolute atomic E-state index is 0.0638. The third-order valence-electron chi connectivity index (χ3n) is 5.97. The largest absolute Gasteiger partial charge is 0.478 e. The van der Waals surface area contributed by atoms with Crippen LogP contribution in [0.5, 0.6) is 5.75 Å². The summed E-state index contributed by atoms with van der Waals surface area (Å²) in [4.78, 5) is 28.6. The third kappa shape index (κ3) is 5.53. The molecule has 196 valence electrons. The minimum atomic E-state index is -4.71. The van der Waals surface area contributed by atoms with Crippen LogP contribution in [0.15, 0.2) is 42.7 Å². The predicted octanol–water partition coefficient (Wildman–Crippen LogP) is 4.77. The standard InChI is InChI=1S/C24H22ClF4N5O3/c1-12-18(11-31-21(12)35)22(36)32-20-8-19(34(33-20)16-6-14(25)9-30-10-16)13-4-15(26)7-17(5-13)37-23(2,3)24(27,28)29/h4-10,12,18H,11H2,1-3H3,(H,31,35)(H,32,33,36)/t12-,18+/m1/s1. The zero-order valence-electron chi connectivity index (χ0n) is 19.9. The van der Waals surface area contributed by atoms with Crippen molar-refractivity contribution in [3.8, 4) is 22.7 Å². The number of halogens is 5. The van der Waals surface area contributed by atoms with Crippen molar-refractivity contribution in [1.29, 1.82) is 0 Å². The molecule has 1 aliphatic rings.